The van der Waals surface area contributed by atoms with Gasteiger partial charge in [0.25, 0.3) is 0 Å². The van der Waals surface area contributed by atoms with E-state index in [1.165, 1.54) is 95.6 Å². The summed E-state index contributed by atoms with van der Waals surface area (Å²) in [4.78, 5) is 0. The average Bonchev–Trinajstić information content (AvgIpc) is 2.58. The van der Waals surface area contributed by atoms with Crippen molar-refractivity contribution in [2.75, 3.05) is 13.2 Å². The summed E-state index contributed by atoms with van der Waals surface area (Å²) >= 11 is 0. The third kappa shape index (κ3) is 13.4. The molecule has 0 N–H and O–H groups in total. The van der Waals surface area contributed by atoms with E-state index in [4.69, 9.17) is 8.85 Å². The number of unbranched alkanes of at least 4 members (excludes halogenated alkanes) is 11. The molecule has 0 aromatic heterocycles. The molecule has 0 spiro atoms. The molecule has 0 fully saturated rings. The first kappa shape index (κ1) is 24.1. The van der Waals surface area contributed by atoms with Crippen molar-refractivity contribution in [3.63, 3.8) is 0 Å². The van der Waals surface area contributed by atoms with Crippen LogP contribution in [-0.2, 0) is 8.85 Å². The van der Waals surface area contributed by atoms with Crippen LogP contribution in [0.25, 0.3) is 0 Å². The topological polar surface area (TPSA) is 18.5 Å². The highest BCUT2D eigenvalue weighted by molar-refractivity contribution is 6.67. The molecule has 146 valence electrons. The van der Waals surface area contributed by atoms with Crippen molar-refractivity contribution < 1.29 is 8.85 Å². The van der Waals surface area contributed by atoms with Crippen molar-refractivity contribution in [1.29, 1.82) is 0 Å². The van der Waals surface area contributed by atoms with Gasteiger partial charge in [0.05, 0.1) is 0 Å². The Morgan fingerprint density at radius 2 is 0.792 bits per heavy atom. The molecule has 0 atom stereocenters. The first-order valence-electron chi connectivity index (χ1n) is 11.0. The lowest BCUT2D eigenvalue weighted by Crippen LogP contribution is -2.42. The lowest BCUT2D eigenvalue weighted by molar-refractivity contribution is 0.180. The number of rotatable bonds is 19. The Bertz CT molecular complexity index is 240. The van der Waals surface area contributed by atoms with Crippen molar-refractivity contribution in [3.8, 4) is 0 Å². The van der Waals surface area contributed by atoms with Crippen LogP contribution in [0.2, 0.25) is 12.1 Å². The van der Waals surface area contributed by atoms with Gasteiger partial charge in [0.15, 0.2) is 0 Å². The highest BCUT2D eigenvalue weighted by Crippen LogP contribution is 2.26. The maximum absolute atomic E-state index is 6.24. The first-order chi connectivity index (χ1) is 11.7. The average molecular weight is 359 g/mol. The van der Waals surface area contributed by atoms with Crippen LogP contribution in [0.3, 0.4) is 0 Å². The van der Waals surface area contributed by atoms with Crippen LogP contribution < -0.4 is 0 Å². The summed E-state index contributed by atoms with van der Waals surface area (Å²) in [5.74, 6) is 0. The van der Waals surface area contributed by atoms with Gasteiger partial charge in [0.2, 0.25) is 0 Å². The molecule has 0 aliphatic rings. The summed E-state index contributed by atoms with van der Waals surface area (Å²) in [6.45, 7) is 10.5. The second kappa shape index (κ2) is 17.9. The highest BCUT2D eigenvalue weighted by Gasteiger charge is 2.35. The van der Waals surface area contributed by atoms with E-state index in [1.54, 1.807) is 0 Å². The molecular weight excluding hydrogens is 312 g/mol. The molecule has 0 radical (unpaired) electrons. The molecule has 0 rings (SSSR count). The molecule has 0 heterocycles. The Kier molecular flexibility index (Phi) is 18.0. The molecule has 3 heteroatoms. The molecule has 2 nitrogen and oxygen atoms in total. The minimum atomic E-state index is -1.93. The third-order valence-corrected chi connectivity index (χ3v) is 8.75. The smallest absolute Gasteiger partial charge is 0.338 e. The SMILES string of the molecule is CCCCCCCCCCC[Si](CCCCCC)(OCC)OCC. The predicted molar refractivity (Wildman–Crippen MR) is 110 cm³/mol. The second-order valence-corrected chi connectivity index (χ2v) is 10.6. The number of hydrogen-bond donors (Lipinski definition) is 0. The summed E-state index contributed by atoms with van der Waals surface area (Å²) in [5.41, 5.74) is 0. The van der Waals surface area contributed by atoms with Gasteiger partial charge in [-0.3, -0.25) is 0 Å². The lowest BCUT2D eigenvalue weighted by atomic mass is 10.1. The van der Waals surface area contributed by atoms with Crippen molar-refractivity contribution in [2.24, 2.45) is 0 Å². The molecule has 0 saturated heterocycles. The Morgan fingerprint density at radius 3 is 1.17 bits per heavy atom. The van der Waals surface area contributed by atoms with Crippen molar-refractivity contribution >= 4 is 8.56 Å². The Hall–Kier alpha value is 0.137. The standard InChI is InChI=1S/C21H46O2Si/c1-5-9-11-13-14-15-16-17-19-21-24(22-7-3,23-8-4)20-18-12-10-6-2/h5-21H2,1-4H3. The largest absolute Gasteiger partial charge is 0.394 e. The third-order valence-electron chi connectivity index (χ3n) is 4.89. The van der Waals surface area contributed by atoms with Crippen molar-refractivity contribution in [3.05, 3.63) is 0 Å². The Balaban J connectivity index is 3.97. The molecule has 24 heavy (non-hydrogen) atoms. The van der Waals surface area contributed by atoms with E-state index in [0.717, 1.165) is 13.2 Å². The molecule has 0 aliphatic carbocycles. The fraction of sp³-hybridized carbons (Fsp3) is 1.00. The first-order valence-corrected chi connectivity index (χ1v) is 13.3. The molecule has 0 amide bonds. The second-order valence-electron chi connectivity index (χ2n) is 7.17. The zero-order valence-electron chi connectivity index (χ0n) is 17.3. The molecular formula is C21H46O2Si. The maximum Gasteiger partial charge on any atom is 0.338 e. The van der Waals surface area contributed by atoms with Gasteiger partial charge >= 0.3 is 8.56 Å². The normalized spacial score (nSPS) is 12.0. The van der Waals surface area contributed by atoms with Crippen molar-refractivity contribution in [1.82, 2.24) is 0 Å². The summed E-state index contributed by atoms with van der Waals surface area (Å²) in [7, 11) is -1.93. The van der Waals surface area contributed by atoms with E-state index in [2.05, 4.69) is 27.7 Å². The predicted octanol–water partition coefficient (Wildman–Crippen LogP) is 7.61. The van der Waals surface area contributed by atoms with Crippen LogP contribution in [-0.4, -0.2) is 21.8 Å². The van der Waals surface area contributed by atoms with E-state index in [0.29, 0.717) is 0 Å². The molecule has 0 unspecified atom stereocenters. The zero-order chi connectivity index (χ0) is 17.9. The number of hydrogen-bond acceptors (Lipinski definition) is 2. The van der Waals surface area contributed by atoms with Gasteiger partial charge in [-0.2, -0.15) is 0 Å². The van der Waals surface area contributed by atoms with Gasteiger partial charge < -0.3 is 8.85 Å². The monoisotopic (exact) mass is 358 g/mol. The van der Waals surface area contributed by atoms with Gasteiger partial charge in [-0.25, -0.2) is 0 Å². The van der Waals surface area contributed by atoms with E-state index >= 15 is 0 Å². The van der Waals surface area contributed by atoms with E-state index < -0.39 is 8.56 Å². The van der Waals surface area contributed by atoms with Gasteiger partial charge in [-0.15, -0.1) is 0 Å². The highest BCUT2D eigenvalue weighted by atomic mass is 28.4. The van der Waals surface area contributed by atoms with E-state index in [1.807, 2.05) is 0 Å². The van der Waals surface area contributed by atoms with E-state index in [9.17, 15) is 0 Å². The summed E-state index contributed by atoms with van der Waals surface area (Å²) in [6.07, 6.45) is 17.8. The minimum Gasteiger partial charge on any atom is -0.394 e. The molecule has 0 aromatic rings. The van der Waals surface area contributed by atoms with Crippen LogP contribution in [0.15, 0.2) is 0 Å². The van der Waals surface area contributed by atoms with Gasteiger partial charge in [-0.05, 0) is 25.9 Å². The fourth-order valence-corrected chi connectivity index (χ4v) is 7.05. The van der Waals surface area contributed by atoms with Gasteiger partial charge in [0.1, 0.15) is 0 Å². The Morgan fingerprint density at radius 1 is 0.458 bits per heavy atom. The van der Waals surface area contributed by atoms with Crippen molar-refractivity contribution in [2.45, 2.75) is 123 Å². The van der Waals surface area contributed by atoms with Gasteiger partial charge in [-0.1, -0.05) is 97.3 Å². The van der Waals surface area contributed by atoms with Crippen LogP contribution in [0.5, 0.6) is 0 Å². The molecule has 0 saturated carbocycles. The Labute approximate surface area is 154 Å². The van der Waals surface area contributed by atoms with E-state index in [-0.39, 0.29) is 0 Å². The summed E-state index contributed by atoms with van der Waals surface area (Å²) < 4.78 is 12.5. The quantitative estimate of drug-likeness (QED) is 0.175. The molecule has 0 aliphatic heterocycles. The maximum atomic E-state index is 6.24. The van der Waals surface area contributed by atoms with Crippen LogP contribution in [0, 0.1) is 0 Å². The zero-order valence-corrected chi connectivity index (χ0v) is 18.3. The minimum absolute atomic E-state index is 0.817. The molecule has 0 aromatic carbocycles. The molecule has 0 bridgehead atoms. The summed E-state index contributed by atoms with van der Waals surface area (Å²) in [5, 5.41) is 0. The van der Waals surface area contributed by atoms with Crippen LogP contribution in [0.1, 0.15) is 111 Å². The fourth-order valence-electron chi connectivity index (χ4n) is 3.51. The van der Waals surface area contributed by atoms with Crippen LogP contribution >= 0.6 is 0 Å². The summed E-state index contributed by atoms with van der Waals surface area (Å²) in [6, 6.07) is 2.41. The lowest BCUT2D eigenvalue weighted by Gasteiger charge is -2.30. The van der Waals surface area contributed by atoms with Crippen LogP contribution in [0.4, 0.5) is 0 Å². The van der Waals surface area contributed by atoms with Gasteiger partial charge in [0, 0.05) is 13.2 Å².